The van der Waals surface area contributed by atoms with Gasteiger partial charge in [0.15, 0.2) is 16.6 Å². The van der Waals surface area contributed by atoms with E-state index in [4.69, 9.17) is 13.7 Å². The van der Waals surface area contributed by atoms with Crippen molar-refractivity contribution in [2.45, 2.75) is 136 Å². The number of amides is 2. The van der Waals surface area contributed by atoms with E-state index in [-0.39, 0.29) is 41.2 Å². The molecule has 2 aromatic carbocycles. The van der Waals surface area contributed by atoms with Crippen LogP contribution < -0.4 is 0 Å². The van der Waals surface area contributed by atoms with Crippen molar-refractivity contribution in [3.63, 3.8) is 0 Å². The van der Waals surface area contributed by atoms with Crippen LogP contribution in [-0.2, 0) is 28.1 Å². The largest absolute Gasteiger partial charge is 0.413 e. The summed E-state index contributed by atoms with van der Waals surface area (Å²) in [6.45, 7) is 25.9. The Balaban J connectivity index is 1.82. The summed E-state index contributed by atoms with van der Waals surface area (Å²) in [5.41, 5.74) is 3.94. The summed E-state index contributed by atoms with van der Waals surface area (Å²) in [6, 6.07) is 15.0. The first-order valence-corrected chi connectivity index (χ1v) is 23.8. The Labute approximate surface area is 305 Å². The average Bonchev–Trinajstić information content (AvgIpc) is 3.50. The third-order valence-corrected chi connectivity index (χ3v) is 19.7. The summed E-state index contributed by atoms with van der Waals surface area (Å²) < 4.78 is 30.4. The Morgan fingerprint density at radius 2 is 1.41 bits per heavy atom. The fraction of sp³-hybridized carbons (Fsp3) is 0.525. The number of imide groups is 1. The van der Waals surface area contributed by atoms with Crippen LogP contribution in [0.1, 0.15) is 92.8 Å². The minimum Gasteiger partial charge on any atom is -0.413 e. The molecule has 1 aliphatic heterocycles. The van der Waals surface area contributed by atoms with Crippen molar-refractivity contribution < 1.29 is 32.5 Å². The molecule has 0 unspecified atom stereocenters. The van der Waals surface area contributed by atoms with Crippen molar-refractivity contribution in [2.24, 2.45) is 0 Å². The van der Waals surface area contributed by atoms with Gasteiger partial charge in [-0.3, -0.25) is 9.59 Å². The first-order valence-electron chi connectivity index (χ1n) is 18.0. The Bertz CT molecular complexity index is 1750. The van der Waals surface area contributed by atoms with E-state index >= 15 is 0 Å². The van der Waals surface area contributed by atoms with Crippen molar-refractivity contribution in [2.75, 3.05) is 0 Å². The summed E-state index contributed by atoms with van der Waals surface area (Å²) in [5.74, 6) is -2.03. The minimum absolute atomic E-state index is 0.0241. The van der Waals surface area contributed by atoms with Crippen molar-refractivity contribution in [1.82, 2.24) is 9.63 Å². The van der Waals surface area contributed by atoms with E-state index in [9.17, 15) is 18.8 Å². The molecule has 0 radical (unpaired) electrons. The predicted molar refractivity (Wildman–Crippen MR) is 207 cm³/mol. The summed E-state index contributed by atoms with van der Waals surface area (Å²) >= 11 is 0. The van der Waals surface area contributed by atoms with Gasteiger partial charge in [0, 0.05) is 47.5 Å². The molecule has 51 heavy (non-hydrogen) atoms. The fourth-order valence-corrected chi connectivity index (χ4v) is 8.50. The van der Waals surface area contributed by atoms with Crippen LogP contribution in [0.3, 0.4) is 0 Å². The third-order valence-electron chi connectivity index (χ3n) is 10.7. The Morgan fingerprint density at radius 3 is 1.96 bits per heavy atom. The molecule has 2 atom stereocenters. The molecule has 0 bridgehead atoms. The molecule has 11 heteroatoms. The van der Waals surface area contributed by atoms with E-state index in [1.165, 1.54) is 12.1 Å². The van der Waals surface area contributed by atoms with Gasteiger partial charge in [0.05, 0.1) is 18.6 Å². The predicted octanol–water partition coefficient (Wildman–Crippen LogP) is 10.2. The number of hydrogen-bond donors (Lipinski definition) is 0. The lowest BCUT2D eigenvalue weighted by Crippen LogP contribution is -2.47. The molecule has 0 N–H and O–H groups in total. The first-order chi connectivity index (χ1) is 23.5. The average molecular weight is 737 g/mol. The van der Waals surface area contributed by atoms with Crippen molar-refractivity contribution >= 4 is 51.4 Å². The van der Waals surface area contributed by atoms with Gasteiger partial charge in [-0.15, -0.1) is 5.06 Å². The lowest BCUT2D eigenvalue weighted by Gasteiger charge is -2.42. The van der Waals surface area contributed by atoms with Gasteiger partial charge in [0.1, 0.15) is 5.82 Å². The lowest BCUT2D eigenvalue weighted by molar-refractivity contribution is -0.198. The van der Waals surface area contributed by atoms with Gasteiger partial charge in [0.2, 0.25) is 0 Å². The van der Waals surface area contributed by atoms with Gasteiger partial charge in [-0.25, -0.2) is 9.18 Å². The van der Waals surface area contributed by atoms with Gasteiger partial charge < -0.3 is 18.3 Å². The molecule has 278 valence electrons. The molecule has 1 aromatic heterocycles. The zero-order valence-corrected chi connectivity index (χ0v) is 34.6. The minimum atomic E-state index is -2.42. The highest BCUT2D eigenvalue weighted by molar-refractivity contribution is 6.74. The summed E-state index contributed by atoms with van der Waals surface area (Å²) in [6.07, 6.45) is 3.34. The number of carbonyl (C=O) groups is 3. The second-order valence-electron chi connectivity index (χ2n) is 17.0. The van der Waals surface area contributed by atoms with E-state index in [2.05, 4.69) is 110 Å². The second-order valence-corrected chi connectivity index (χ2v) is 26.5. The van der Waals surface area contributed by atoms with Gasteiger partial charge >= 0.3 is 5.97 Å². The SMILES string of the molecule is CC(C)n1c(/C=C/[C@@H](C[C@@H](CC(=O)ON2C(=O)CCC2=O)O[Si](C)(C)C(C)(C)C)O[Si](C)(C)C(C)(C)C)c(-c2ccc(F)cc2)c2ccccc21. The normalized spacial score (nSPS) is 16.2. The highest BCUT2D eigenvalue weighted by atomic mass is 28.4. The molecule has 4 rings (SSSR count). The molecule has 8 nitrogen and oxygen atoms in total. The number of rotatable bonds is 13. The summed E-state index contributed by atoms with van der Waals surface area (Å²) in [4.78, 5) is 43.2. The number of fused-ring (bicyclic) bond motifs is 1. The van der Waals surface area contributed by atoms with E-state index in [0.29, 0.717) is 11.5 Å². The molecule has 1 fully saturated rings. The Morgan fingerprint density at radius 1 is 0.863 bits per heavy atom. The third kappa shape index (κ3) is 9.35. The zero-order chi connectivity index (χ0) is 38.1. The molecular formula is C40H57FN2O6Si2. The van der Waals surface area contributed by atoms with E-state index in [0.717, 1.165) is 27.7 Å². The second kappa shape index (κ2) is 15.3. The zero-order valence-electron chi connectivity index (χ0n) is 32.6. The molecule has 3 aromatic rings. The quantitative estimate of drug-likeness (QED) is 0.128. The maximum atomic E-state index is 14.1. The van der Waals surface area contributed by atoms with Crippen LogP contribution in [-0.4, -0.2) is 56.3 Å². The number of benzene rings is 2. The lowest BCUT2D eigenvalue weighted by atomic mass is 10.0. The monoisotopic (exact) mass is 736 g/mol. The number of carbonyl (C=O) groups excluding carboxylic acids is 3. The maximum absolute atomic E-state index is 14.1. The van der Waals surface area contributed by atoms with E-state index in [1.807, 2.05) is 24.3 Å². The molecular weight excluding hydrogens is 680 g/mol. The van der Waals surface area contributed by atoms with Crippen molar-refractivity contribution in [3.8, 4) is 11.1 Å². The fourth-order valence-electron chi connectivity index (χ4n) is 5.85. The topological polar surface area (TPSA) is 87.1 Å². The number of hydroxylamine groups is 2. The van der Waals surface area contributed by atoms with Crippen LogP contribution in [0.25, 0.3) is 28.1 Å². The van der Waals surface area contributed by atoms with E-state index in [1.54, 1.807) is 0 Å². The standard InChI is InChI=1S/C40H57FN2O6Si2/c1-27(2)42-33-16-14-13-15-32(33)38(28-17-19-29(41)20-18-28)34(42)22-21-30(48-50(9,10)39(3,4)5)25-31(49-51(11,12)40(6,7)8)26-37(46)47-43-35(44)23-24-36(43)45/h13-22,27,30-31H,23-26H2,1-12H3/b22-21+/t30-,31-/m0/s1. The van der Waals surface area contributed by atoms with Gasteiger partial charge in [0.25, 0.3) is 11.8 Å². The van der Waals surface area contributed by atoms with Crippen LogP contribution in [0.5, 0.6) is 0 Å². The molecule has 0 spiro atoms. The number of halogens is 1. The van der Waals surface area contributed by atoms with Gasteiger partial charge in [-0.2, -0.15) is 0 Å². The van der Waals surface area contributed by atoms with Gasteiger partial charge in [-0.1, -0.05) is 78.0 Å². The number of hydrogen-bond acceptors (Lipinski definition) is 6. The highest BCUT2D eigenvalue weighted by Crippen LogP contribution is 2.42. The number of aromatic nitrogens is 1. The van der Waals surface area contributed by atoms with Crippen LogP contribution >= 0.6 is 0 Å². The maximum Gasteiger partial charge on any atom is 0.335 e. The summed E-state index contributed by atoms with van der Waals surface area (Å²) in [7, 11) is -4.78. The molecule has 2 heterocycles. The molecule has 2 amide bonds. The molecule has 0 aliphatic carbocycles. The summed E-state index contributed by atoms with van der Waals surface area (Å²) in [5, 5.41) is 1.41. The Hall–Kier alpha value is -3.39. The number of nitrogens with zero attached hydrogens (tertiary/aromatic N) is 2. The molecule has 1 saturated heterocycles. The van der Waals surface area contributed by atoms with E-state index < -0.39 is 46.6 Å². The van der Waals surface area contributed by atoms with Crippen molar-refractivity contribution in [3.05, 3.63) is 66.1 Å². The first kappa shape index (κ1) is 40.4. The van der Waals surface area contributed by atoms with Crippen LogP contribution in [0.15, 0.2) is 54.6 Å². The van der Waals surface area contributed by atoms with Crippen LogP contribution in [0, 0.1) is 5.82 Å². The molecule has 0 saturated carbocycles. The van der Waals surface area contributed by atoms with Crippen LogP contribution in [0.2, 0.25) is 36.3 Å². The molecule has 1 aliphatic rings. The Kier molecular flexibility index (Phi) is 12.1. The van der Waals surface area contributed by atoms with Crippen molar-refractivity contribution in [1.29, 1.82) is 0 Å². The van der Waals surface area contributed by atoms with Crippen LogP contribution in [0.4, 0.5) is 4.39 Å². The highest BCUT2D eigenvalue weighted by Gasteiger charge is 2.43. The van der Waals surface area contributed by atoms with Gasteiger partial charge in [-0.05, 0) is 80.0 Å². The smallest absolute Gasteiger partial charge is 0.335 e. The number of para-hydroxylation sites is 1.